The summed E-state index contributed by atoms with van der Waals surface area (Å²) in [6, 6.07) is 0.379. The molecule has 1 aromatic rings. The van der Waals surface area contributed by atoms with Gasteiger partial charge >= 0.3 is 0 Å². The normalized spacial score (nSPS) is 14.6. The molecule has 0 unspecified atom stereocenters. The molecular formula is C11H18N4O2S. The molecule has 1 aliphatic rings. The summed E-state index contributed by atoms with van der Waals surface area (Å²) in [5, 5.41) is 3.74. The summed E-state index contributed by atoms with van der Waals surface area (Å²) in [7, 11) is 3.45. The number of thiazole rings is 1. The summed E-state index contributed by atoms with van der Waals surface area (Å²) in [6.07, 6.45) is 2.17. The van der Waals surface area contributed by atoms with Crippen LogP contribution in [0.4, 0.5) is 10.9 Å². The van der Waals surface area contributed by atoms with E-state index in [1.807, 2.05) is 7.05 Å². The van der Waals surface area contributed by atoms with Gasteiger partial charge in [-0.2, -0.15) is 0 Å². The maximum absolute atomic E-state index is 12.2. The molecule has 0 saturated heterocycles. The molecule has 1 saturated carbocycles. The summed E-state index contributed by atoms with van der Waals surface area (Å²) < 4.78 is 4.93. The summed E-state index contributed by atoms with van der Waals surface area (Å²) >= 11 is 1.30. The molecule has 1 heterocycles. The minimum absolute atomic E-state index is 0.0349. The largest absolute Gasteiger partial charge is 0.383 e. The highest BCUT2D eigenvalue weighted by Crippen LogP contribution is 2.31. The Morgan fingerprint density at radius 3 is 3.00 bits per heavy atom. The smallest absolute Gasteiger partial charge is 0.267 e. The van der Waals surface area contributed by atoms with E-state index in [1.54, 1.807) is 12.0 Å². The van der Waals surface area contributed by atoms with Crippen molar-refractivity contribution in [1.82, 2.24) is 9.88 Å². The molecule has 100 valence electrons. The van der Waals surface area contributed by atoms with E-state index >= 15 is 0 Å². The Labute approximate surface area is 110 Å². The number of rotatable bonds is 6. The lowest BCUT2D eigenvalue weighted by Crippen LogP contribution is -2.28. The van der Waals surface area contributed by atoms with Crippen molar-refractivity contribution in [2.24, 2.45) is 0 Å². The molecule has 1 aromatic heterocycles. The van der Waals surface area contributed by atoms with Crippen molar-refractivity contribution in [3.8, 4) is 0 Å². The topological polar surface area (TPSA) is 80.5 Å². The van der Waals surface area contributed by atoms with Crippen LogP contribution in [-0.4, -0.2) is 49.1 Å². The van der Waals surface area contributed by atoms with Gasteiger partial charge in [0.25, 0.3) is 5.91 Å². The van der Waals surface area contributed by atoms with Gasteiger partial charge in [-0.05, 0) is 12.8 Å². The Morgan fingerprint density at radius 2 is 2.39 bits per heavy atom. The second-order valence-corrected chi connectivity index (χ2v) is 5.30. The molecule has 2 rings (SSSR count). The predicted molar refractivity (Wildman–Crippen MR) is 72.0 cm³/mol. The maximum atomic E-state index is 12.2. The van der Waals surface area contributed by atoms with Crippen LogP contribution in [0.5, 0.6) is 0 Å². The highest BCUT2D eigenvalue weighted by molar-refractivity contribution is 7.18. The Hall–Kier alpha value is -1.34. The number of nitrogen functional groups attached to an aromatic ring is 1. The SMILES string of the molecule is COCCNc1nc(N)c(C(=O)N(C)C2CC2)s1. The molecule has 18 heavy (non-hydrogen) atoms. The average Bonchev–Trinajstić information content (AvgIpc) is 3.13. The van der Waals surface area contributed by atoms with Gasteiger partial charge in [0.05, 0.1) is 6.61 Å². The van der Waals surface area contributed by atoms with Crippen LogP contribution in [0.2, 0.25) is 0 Å². The number of anilines is 2. The van der Waals surface area contributed by atoms with Crippen LogP contribution < -0.4 is 11.1 Å². The van der Waals surface area contributed by atoms with E-state index in [2.05, 4.69) is 10.3 Å². The van der Waals surface area contributed by atoms with E-state index in [-0.39, 0.29) is 5.91 Å². The van der Waals surface area contributed by atoms with Gasteiger partial charge in [-0.15, -0.1) is 0 Å². The Morgan fingerprint density at radius 1 is 1.67 bits per heavy atom. The van der Waals surface area contributed by atoms with Gasteiger partial charge in [0.15, 0.2) is 5.13 Å². The minimum Gasteiger partial charge on any atom is -0.383 e. The van der Waals surface area contributed by atoms with Crippen LogP contribution in [-0.2, 0) is 4.74 Å². The van der Waals surface area contributed by atoms with Crippen molar-refractivity contribution in [2.45, 2.75) is 18.9 Å². The number of carbonyl (C=O) groups is 1. The molecule has 1 fully saturated rings. The lowest BCUT2D eigenvalue weighted by molar-refractivity contribution is 0.0790. The van der Waals surface area contributed by atoms with Crippen molar-refractivity contribution in [1.29, 1.82) is 0 Å². The van der Waals surface area contributed by atoms with Gasteiger partial charge in [0, 0.05) is 26.7 Å². The zero-order chi connectivity index (χ0) is 13.1. The van der Waals surface area contributed by atoms with Crippen LogP contribution in [0.15, 0.2) is 0 Å². The Bertz CT molecular complexity index is 431. The lowest BCUT2D eigenvalue weighted by atomic mass is 10.4. The van der Waals surface area contributed by atoms with Crippen LogP contribution in [0.3, 0.4) is 0 Å². The fourth-order valence-corrected chi connectivity index (χ4v) is 2.50. The lowest BCUT2D eigenvalue weighted by Gasteiger charge is -2.14. The van der Waals surface area contributed by atoms with E-state index in [1.165, 1.54) is 11.3 Å². The molecule has 0 aromatic carbocycles. The second kappa shape index (κ2) is 5.53. The van der Waals surface area contributed by atoms with Crippen molar-refractivity contribution in [3.05, 3.63) is 4.88 Å². The summed E-state index contributed by atoms with van der Waals surface area (Å²) in [5.41, 5.74) is 5.79. The van der Waals surface area contributed by atoms with Crippen LogP contribution in [0.1, 0.15) is 22.5 Å². The van der Waals surface area contributed by atoms with Crippen molar-refractivity contribution in [3.63, 3.8) is 0 Å². The predicted octanol–water partition coefficient (Wildman–Crippen LogP) is 1.02. The quantitative estimate of drug-likeness (QED) is 0.754. The summed E-state index contributed by atoms with van der Waals surface area (Å²) in [5.74, 6) is 0.268. The minimum atomic E-state index is -0.0349. The molecule has 0 spiro atoms. The van der Waals surface area contributed by atoms with E-state index < -0.39 is 0 Å². The fourth-order valence-electron chi connectivity index (χ4n) is 1.61. The third-order valence-electron chi connectivity index (χ3n) is 2.84. The van der Waals surface area contributed by atoms with Crippen molar-refractivity contribution < 1.29 is 9.53 Å². The van der Waals surface area contributed by atoms with Gasteiger partial charge in [0.2, 0.25) is 0 Å². The van der Waals surface area contributed by atoms with Crippen LogP contribution >= 0.6 is 11.3 Å². The van der Waals surface area contributed by atoms with Gasteiger partial charge in [-0.1, -0.05) is 11.3 Å². The van der Waals surface area contributed by atoms with Crippen molar-refractivity contribution in [2.75, 3.05) is 38.4 Å². The number of hydrogen-bond acceptors (Lipinski definition) is 6. The number of hydrogen-bond donors (Lipinski definition) is 2. The second-order valence-electron chi connectivity index (χ2n) is 4.30. The van der Waals surface area contributed by atoms with Gasteiger partial charge in [-0.25, -0.2) is 4.98 Å². The number of nitrogens with zero attached hydrogens (tertiary/aromatic N) is 2. The van der Waals surface area contributed by atoms with Crippen molar-refractivity contribution >= 4 is 28.2 Å². The third kappa shape index (κ3) is 2.91. The number of methoxy groups -OCH3 is 1. The highest BCUT2D eigenvalue weighted by atomic mass is 32.1. The molecule has 0 bridgehead atoms. The molecule has 0 atom stereocenters. The molecule has 1 amide bonds. The summed E-state index contributed by atoms with van der Waals surface area (Å²) in [4.78, 5) is 18.6. The number of aromatic nitrogens is 1. The standard InChI is InChI=1S/C11H18N4O2S/c1-15(7-3-4-7)10(16)8-9(12)14-11(18-8)13-5-6-17-2/h7H,3-6,12H2,1-2H3,(H,13,14). The maximum Gasteiger partial charge on any atom is 0.267 e. The first-order valence-electron chi connectivity index (χ1n) is 5.89. The number of carbonyl (C=O) groups excluding carboxylic acids is 1. The van der Waals surface area contributed by atoms with Crippen LogP contribution in [0.25, 0.3) is 0 Å². The average molecular weight is 270 g/mol. The molecule has 1 aliphatic carbocycles. The van der Waals surface area contributed by atoms with E-state index in [9.17, 15) is 4.79 Å². The molecule has 7 heteroatoms. The first-order valence-corrected chi connectivity index (χ1v) is 6.71. The zero-order valence-electron chi connectivity index (χ0n) is 10.6. The number of amides is 1. The molecule has 0 radical (unpaired) electrons. The fraction of sp³-hybridized carbons (Fsp3) is 0.636. The zero-order valence-corrected chi connectivity index (χ0v) is 11.4. The van der Waals surface area contributed by atoms with Gasteiger partial charge in [0.1, 0.15) is 10.7 Å². The number of ether oxygens (including phenoxy) is 1. The van der Waals surface area contributed by atoms with E-state index in [0.29, 0.717) is 35.0 Å². The van der Waals surface area contributed by atoms with Gasteiger partial charge in [-0.3, -0.25) is 4.79 Å². The number of nitrogens with one attached hydrogen (secondary N) is 1. The van der Waals surface area contributed by atoms with E-state index in [0.717, 1.165) is 12.8 Å². The number of nitrogens with two attached hydrogens (primary N) is 1. The molecule has 6 nitrogen and oxygen atoms in total. The van der Waals surface area contributed by atoms with Gasteiger partial charge < -0.3 is 20.7 Å². The highest BCUT2D eigenvalue weighted by Gasteiger charge is 2.32. The van der Waals surface area contributed by atoms with Crippen LogP contribution in [0, 0.1) is 0 Å². The first-order chi connectivity index (χ1) is 8.63. The first kappa shape index (κ1) is 13.1. The molecular weight excluding hydrogens is 252 g/mol. The monoisotopic (exact) mass is 270 g/mol. The Balaban J connectivity index is 2.01. The third-order valence-corrected chi connectivity index (χ3v) is 3.86. The summed E-state index contributed by atoms with van der Waals surface area (Å²) in [6.45, 7) is 1.24. The molecule has 3 N–H and O–H groups in total. The molecule has 0 aliphatic heterocycles. The van der Waals surface area contributed by atoms with E-state index in [4.69, 9.17) is 10.5 Å². The Kier molecular flexibility index (Phi) is 4.03.